The summed E-state index contributed by atoms with van der Waals surface area (Å²) >= 11 is 0. The van der Waals surface area contributed by atoms with Gasteiger partial charge in [-0.05, 0) is 19.4 Å². The van der Waals surface area contributed by atoms with E-state index in [0.29, 0.717) is 0 Å². The van der Waals surface area contributed by atoms with Crippen molar-refractivity contribution in [2.75, 3.05) is 0 Å². The van der Waals surface area contributed by atoms with Gasteiger partial charge in [0.15, 0.2) is 0 Å². The van der Waals surface area contributed by atoms with Crippen LogP contribution in [0.2, 0.25) is 0 Å². The van der Waals surface area contributed by atoms with Gasteiger partial charge in [0, 0.05) is 0 Å². The summed E-state index contributed by atoms with van der Waals surface area (Å²) in [5.41, 5.74) is 2.79. The highest BCUT2D eigenvalue weighted by Gasteiger charge is 1.80. The average Bonchev–Trinajstić information content (AvgIpc) is 1.91. The second kappa shape index (κ2) is 5.38. The van der Waals surface area contributed by atoms with Gasteiger partial charge in [0.1, 0.15) is 0 Å². The van der Waals surface area contributed by atoms with E-state index in [2.05, 4.69) is 5.48 Å². The Morgan fingerprint density at radius 2 is 2.33 bits per heavy atom. The molecule has 0 aliphatic rings. The minimum atomic E-state index is 0.733. The molecular formula is C7H13NO. The fourth-order valence-corrected chi connectivity index (χ4v) is 0.443. The smallest absolute Gasteiger partial charge is 0.0556 e. The molecule has 0 saturated carbocycles. The largest absolute Gasteiger partial charge is 0.291 e. The standard InChI is InChI=1S/C7H13NO/c1-3-5-6-7(4-2)8-9/h4-6,8-9H,3H2,1-2H3/b6-5-,7-4+. The van der Waals surface area contributed by atoms with Gasteiger partial charge in [0.2, 0.25) is 0 Å². The maximum absolute atomic E-state index is 8.38. The van der Waals surface area contributed by atoms with E-state index in [9.17, 15) is 0 Å². The van der Waals surface area contributed by atoms with Crippen molar-refractivity contribution in [1.82, 2.24) is 5.48 Å². The molecule has 0 saturated heterocycles. The molecule has 2 N–H and O–H groups in total. The highest BCUT2D eigenvalue weighted by atomic mass is 16.5. The van der Waals surface area contributed by atoms with Gasteiger partial charge in [-0.2, -0.15) is 0 Å². The Balaban J connectivity index is 3.70. The summed E-state index contributed by atoms with van der Waals surface area (Å²) in [6.45, 7) is 3.90. The molecule has 0 aliphatic heterocycles. The summed E-state index contributed by atoms with van der Waals surface area (Å²) in [5.74, 6) is 0. The topological polar surface area (TPSA) is 32.3 Å². The molecule has 9 heavy (non-hydrogen) atoms. The molecule has 0 aromatic rings. The molecule has 0 heterocycles. The number of allylic oxidation sites excluding steroid dienone is 3. The van der Waals surface area contributed by atoms with Crippen molar-refractivity contribution in [2.24, 2.45) is 0 Å². The van der Waals surface area contributed by atoms with E-state index >= 15 is 0 Å². The lowest BCUT2D eigenvalue weighted by atomic mass is 10.3. The molecule has 0 atom stereocenters. The molecule has 52 valence electrons. The third kappa shape index (κ3) is 3.79. The highest BCUT2D eigenvalue weighted by Crippen LogP contribution is 1.90. The first-order valence-corrected chi connectivity index (χ1v) is 3.08. The summed E-state index contributed by atoms with van der Waals surface area (Å²) in [4.78, 5) is 0. The fraction of sp³-hybridized carbons (Fsp3) is 0.429. The number of hydrogen-bond donors (Lipinski definition) is 2. The van der Waals surface area contributed by atoms with Gasteiger partial charge in [0.25, 0.3) is 0 Å². The van der Waals surface area contributed by atoms with Crippen LogP contribution >= 0.6 is 0 Å². The minimum absolute atomic E-state index is 0.733. The zero-order chi connectivity index (χ0) is 7.11. The Labute approximate surface area is 55.8 Å². The van der Waals surface area contributed by atoms with Gasteiger partial charge in [-0.15, -0.1) is 0 Å². The van der Waals surface area contributed by atoms with Crippen LogP contribution in [0.3, 0.4) is 0 Å². The van der Waals surface area contributed by atoms with Crippen molar-refractivity contribution in [2.45, 2.75) is 20.3 Å². The molecule has 0 aliphatic carbocycles. The highest BCUT2D eigenvalue weighted by molar-refractivity contribution is 5.13. The van der Waals surface area contributed by atoms with Crippen molar-refractivity contribution >= 4 is 0 Å². The molecule has 0 bridgehead atoms. The zero-order valence-electron chi connectivity index (χ0n) is 5.89. The predicted molar refractivity (Wildman–Crippen MR) is 38.1 cm³/mol. The van der Waals surface area contributed by atoms with Crippen LogP contribution in [0.15, 0.2) is 23.9 Å². The Morgan fingerprint density at radius 3 is 2.67 bits per heavy atom. The lowest BCUT2D eigenvalue weighted by molar-refractivity contribution is 0.204. The predicted octanol–water partition coefficient (Wildman–Crippen LogP) is 1.84. The molecule has 0 amide bonds. The molecule has 0 aromatic carbocycles. The van der Waals surface area contributed by atoms with Crippen molar-refractivity contribution in [3.05, 3.63) is 23.9 Å². The quantitative estimate of drug-likeness (QED) is 0.448. The van der Waals surface area contributed by atoms with Crippen LogP contribution in [-0.4, -0.2) is 5.21 Å². The summed E-state index contributed by atoms with van der Waals surface area (Å²) in [5, 5.41) is 8.38. The molecule has 0 spiro atoms. The first-order valence-electron chi connectivity index (χ1n) is 3.08. The van der Waals surface area contributed by atoms with Gasteiger partial charge < -0.3 is 0 Å². The number of nitrogens with one attached hydrogen (secondary N) is 1. The Morgan fingerprint density at radius 1 is 1.67 bits per heavy atom. The van der Waals surface area contributed by atoms with E-state index in [0.717, 1.165) is 12.1 Å². The lowest BCUT2D eigenvalue weighted by Gasteiger charge is -1.94. The van der Waals surface area contributed by atoms with Crippen LogP contribution in [-0.2, 0) is 0 Å². The van der Waals surface area contributed by atoms with Gasteiger partial charge in [-0.25, -0.2) is 0 Å². The molecule has 0 unspecified atom stereocenters. The van der Waals surface area contributed by atoms with Crippen LogP contribution in [0.25, 0.3) is 0 Å². The van der Waals surface area contributed by atoms with Crippen LogP contribution in [0.1, 0.15) is 20.3 Å². The third-order valence-corrected chi connectivity index (χ3v) is 0.973. The average molecular weight is 127 g/mol. The van der Waals surface area contributed by atoms with Crippen LogP contribution in [0, 0.1) is 0 Å². The summed E-state index contributed by atoms with van der Waals surface area (Å²) < 4.78 is 0. The number of rotatable bonds is 3. The zero-order valence-corrected chi connectivity index (χ0v) is 5.89. The van der Waals surface area contributed by atoms with E-state index in [1.165, 1.54) is 0 Å². The van der Waals surface area contributed by atoms with Gasteiger partial charge >= 0.3 is 0 Å². The second-order valence-corrected chi connectivity index (χ2v) is 1.67. The maximum Gasteiger partial charge on any atom is 0.0556 e. The van der Waals surface area contributed by atoms with Crippen LogP contribution in [0.5, 0.6) is 0 Å². The third-order valence-electron chi connectivity index (χ3n) is 0.973. The van der Waals surface area contributed by atoms with Crippen LogP contribution < -0.4 is 5.48 Å². The monoisotopic (exact) mass is 127 g/mol. The lowest BCUT2D eigenvalue weighted by Crippen LogP contribution is -2.02. The van der Waals surface area contributed by atoms with Crippen molar-refractivity contribution in [3.63, 3.8) is 0 Å². The number of hydrogen-bond acceptors (Lipinski definition) is 2. The van der Waals surface area contributed by atoms with E-state index in [-0.39, 0.29) is 0 Å². The van der Waals surface area contributed by atoms with Gasteiger partial charge in [-0.3, -0.25) is 10.7 Å². The molecule has 2 heteroatoms. The fourth-order valence-electron chi connectivity index (χ4n) is 0.443. The molecular weight excluding hydrogens is 114 g/mol. The van der Waals surface area contributed by atoms with E-state index in [1.807, 2.05) is 26.0 Å². The summed E-state index contributed by atoms with van der Waals surface area (Å²) in [7, 11) is 0. The first-order chi connectivity index (χ1) is 4.35. The van der Waals surface area contributed by atoms with Gasteiger partial charge in [0.05, 0.1) is 5.70 Å². The van der Waals surface area contributed by atoms with E-state index in [1.54, 1.807) is 6.08 Å². The second-order valence-electron chi connectivity index (χ2n) is 1.67. The van der Waals surface area contributed by atoms with Crippen LogP contribution in [0.4, 0.5) is 0 Å². The SMILES string of the molecule is C/C=C(\C=C/CC)NO. The van der Waals surface area contributed by atoms with Crippen molar-refractivity contribution in [3.8, 4) is 0 Å². The Bertz CT molecular complexity index is 116. The molecule has 0 fully saturated rings. The van der Waals surface area contributed by atoms with E-state index in [4.69, 9.17) is 5.21 Å². The normalized spacial score (nSPS) is 12.6. The number of hydroxylamine groups is 1. The molecule has 0 rings (SSSR count). The summed E-state index contributed by atoms with van der Waals surface area (Å²) in [6.07, 6.45) is 6.59. The maximum atomic E-state index is 8.38. The molecule has 0 aromatic heterocycles. The Hall–Kier alpha value is -0.760. The minimum Gasteiger partial charge on any atom is -0.291 e. The first kappa shape index (κ1) is 8.24. The summed E-state index contributed by atoms with van der Waals surface area (Å²) in [6, 6.07) is 0. The van der Waals surface area contributed by atoms with Crippen molar-refractivity contribution < 1.29 is 5.21 Å². The van der Waals surface area contributed by atoms with Crippen molar-refractivity contribution in [1.29, 1.82) is 0 Å². The van der Waals surface area contributed by atoms with E-state index < -0.39 is 0 Å². The molecule has 0 radical (unpaired) electrons. The Kier molecular flexibility index (Phi) is 4.92. The van der Waals surface area contributed by atoms with Gasteiger partial charge in [-0.1, -0.05) is 19.1 Å². The molecule has 2 nitrogen and oxygen atoms in total.